The molecule has 126 valence electrons. The number of allylic oxidation sites excluding steroid dienone is 1. The highest BCUT2D eigenvalue weighted by Gasteiger charge is 2.17. The van der Waals surface area contributed by atoms with E-state index < -0.39 is 0 Å². The molecule has 0 unspecified atom stereocenters. The van der Waals surface area contributed by atoms with Gasteiger partial charge in [-0.15, -0.1) is 0 Å². The predicted molar refractivity (Wildman–Crippen MR) is 95.3 cm³/mol. The third kappa shape index (κ3) is 3.89. The van der Waals surface area contributed by atoms with E-state index >= 15 is 0 Å². The third-order valence-corrected chi connectivity index (χ3v) is 3.98. The maximum Gasteiger partial charge on any atom is 0.193 e. The van der Waals surface area contributed by atoms with Gasteiger partial charge in [0.25, 0.3) is 0 Å². The molecule has 0 atom stereocenters. The zero-order chi connectivity index (χ0) is 17.7. The average Bonchev–Trinajstić information content (AvgIpc) is 2.58. The van der Waals surface area contributed by atoms with Crippen molar-refractivity contribution in [1.29, 1.82) is 0 Å². The van der Waals surface area contributed by atoms with E-state index in [2.05, 4.69) is 15.9 Å². The second-order valence-electron chi connectivity index (χ2n) is 4.82. The molecule has 0 amide bonds. The topological polar surface area (TPSA) is 65.0 Å². The highest BCUT2D eigenvalue weighted by atomic mass is 79.9. The first-order chi connectivity index (χ1) is 11.5. The average molecular weight is 393 g/mol. The molecule has 1 N–H and O–H groups in total. The smallest absolute Gasteiger partial charge is 0.193 e. The summed E-state index contributed by atoms with van der Waals surface area (Å²) in [5.41, 5.74) is 0.894. The van der Waals surface area contributed by atoms with Gasteiger partial charge in [0.1, 0.15) is 28.6 Å². The van der Waals surface area contributed by atoms with Gasteiger partial charge in [0.2, 0.25) is 0 Å². The van der Waals surface area contributed by atoms with Crippen LogP contribution in [0.25, 0.3) is 6.08 Å². The molecule has 0 saturated heterocycles. The Morgan fingerprint density at radius 3 is 2.33 bits per heavy atom. The lowest BCUT2D eigenvalue weighted by Gasteiger charge is -2.10. The summed E-state index contributed by atoms with van der Waals surface area (Å²) in [6.45, 7) is 0. The fourth-order valence-electron chi connectivity index (χ4n) is 2.14. The van der Waals surface area contributed by atoms with Gasteiger partial charge >= 0.3 is 0 Å². The molecular formula is C18H17BrO5. The van der Waals surface area contributed by atoms with Crippen molar-refractivity contribution >= 4 is 27.8 Å². The summed E-state index contributed by atoms with van der Waals surface area (Å²) in [6, 6.07) is 8.35. The van der Waals surface area contributed by atoms with E-state index in [1.807, 2.05) is 12.1 Å². The van der Waals surface area contributed by atoms with Gasteiger partial charge in [0.05, 0.1) is 25.8 Å². The summed E-state index contributed by atoms with van der Waals surface area (Å²) in [4.78, 5) is 12.4. The monoisotopic (exact) mass is 392 g/mol. The highest BCUT2D eigenvalue weighted by Crippen LogP contribution is 2.34. The molecule has 0 fully saturated rings. The first-order valence-electron chi connectivity index (χ1n) is 7.01. The van der Waals surface area contributed by atoms with Crippen molar-refractivity contribution in [3.8, 4) is 23.0 Å². The third-order valence-electron chi connectivity index (χ3n) is 3.36. The van der Waals surface area contributed by atoms with Gasteiger partial charge in [0, 0.05) is 12.1 Å². The van der Waals surface area contributed by atoms with E-state index in [0.29, 0.717) is 11.5 Å². The number of benzene rings is 2. The number of methoxy groups -OCH3 is 3. The number of phenols is 1. The summed E-state index contributed by atoms with van der Waals surface area (Å²) >= 11 is 3.39. The Bertz CT molecular complexity index is 783. The molecule has 24 heavy (non-hydrogen) atoms. The maximum absolute atomic E-state index is 12.4. The highest BCUT2D eigenvalue weighted by molar-refractivity contribution is 9.10. The second kappa shape index (κ2) is 7.88. The van der Waals surface area contributed by atoms with E-state index in [0.717, 1.165) is 10.0 Å². The van der Waals surface area contributed by atoms with Crippen LogP contribution in [-0.4, -0.2) is 32.2 Å². The first-order valence-corrected chi connectivity index (χ1v) is 7.80. The van der Waals surface area contributed by atoms with Gasteiger partial charge in [-0.2, -0.15) is 0 Å². The molecule has 0 saturated carbocycles. The van der Waals surface area contributed by atoms with E-state index in [1.54, 1.807) is 25.3 Å². The number of ketones is 1. The Balaban J connectivity index is 2.31. The van der Waals surface area contributed by atoms with Crippen molar-refractivity contribution in [3.63, 3.8) is 0 Å². The van der Waals surface area contributed by atoms with E-state index in [4.69, 9.17) is 14.2 Å². The maximum atomic E-state index is 12.4. The summed E-state index contributed by atoms with van der Waals surface area (Å²) in [6.07, 6.45) is 3.02. The number of phenolic OH excluding ortho intramolecular Hbond substituents is 1. The first kappa shape index (κ1) is 17.9. The number of ether oxygens (including phenoxy) is 3. The summed E-state index contributed by atoms with van der Waals surface area (Å²) in [5.74, 6) is 0.782. The molecule has 0 heterocycles. The van der Waals surface area contributed by atoms with Crippen molar-refractivity contribution in [2.24, 2.45) is 0 Å². The van der Waals surface area contributed by atoms with E-state index in [-0.39, 0.29) is 22.8 Å². The van der Waals surface area contributed by atoms with Crippen LogP contribution in [0.2, 0.25) is 0 Å². The van der Waals surface area contributed by atoms with E-state index in [9.17, 15) is 9.90 Å². The predicted octanol–water partition coefficient (Wildman–Crippen LogP) is 4.08. The largest absolute Gasteiger partial charge is 0.507 e. The standard InChI is InChI=1S/C18H17BrO5/c1-22-12-9-15(21)18(17(10-12)24-3)14(20)6-4-11-5-7-16(23-2)13(19)8-11/h4-10,21H,1-3H3/b6-4+. The fourth-order valence-corrected chi connectivity index (χ4v) is 2.70. The molecule has 2 rings (SSSR count). The van der Waals surface area contributed by atoms with Crippen molar-refractivity contribution in [1.82, 2.24) is 0 Å². The van der Waals surface area contributed by atoms with Crippen molar-refractivity contribution in [2.45, 2.75) is 0 Å². The SMILES string of the molecule is COc1cc(O)c(C(=O)/C=C/c2ccc(OC)c(Br)c2)c(OC)c1. The van der Waals surface area contributed by atoms with Crippen LogP contribution in [0, 0.1) is 0 Å². The molecular weight excluding hydrogens is 376 g/mol. The number of hydrogen-bond acceptors (Lipinski definition) is 5. The van der Waals surface area contributed by atoms with Crippen LogP contribution in [0.5, 0.6) is 23.0 Å². The van der Waals surface area contributed by atoms with Crippen LogP contribution in [0.3, 0.4) is 0 Å². The lowest BCUT2D eigenvalue weighted by atomic mass is 10.1. The molecule has 0 aliphatic rings. The van der Waals surface area contributed by atoms with Gasteiger partial charge in [-0.3, -0.25) is 4.79 Å². The van der Waals surface area contributed by atoms with Crippen LogP contribution in [-0.2, 0) is 0 Å². The minimum Gasteiger partial charge on any atom is -0.507 e. The number of carbonyl (C=O) groups is 1. The zero-order valence-electron chi connectivity index (χ0n) is 13.5. The lowest BCUT2D eigenvalue weighted by molar-refractivity contribution is 0.104. The van der Waals surface area contributed by atoms with Crippen LogP contribution in [0.1, 0.15) is 15.9 Å². The summed E-state index contributed by atoms with van der Waals surface area (Å²) < 4.78 is 16.2. The van der Waals surface area contributed by atoms with Gasteiger partial charge in [-0.25, -0.2) is 0 Å². The molecule has 0 aliphatic heterocycles. The molecule has 5 nitrogen and oxygen atoms in total. The number of rotatable bonds is 6. The minimum atomic E-state index is -0.376. The van der Waals surface area contributed by atoms with Crippen molar-refractivity contribution in [2.75, 3.05) is 21.3 Å². The van der Waals surface area contributed by atoms with Crippen LogP contribution in [0.15, 0.2) is 40.9 Å². The van der Waals surface area contributed by atoms with Crippen molar-refractivity contribution in [3.05, 3.63) is 52.0 Å². The minimum absolute atomic E-state index is 0.0853. The van der Waals surface area contributed by atoms with Gasteiger partial charge in [-0.05, 0) is 39.7 Å². The Hall–Kier alpha value is -2.47. The molecule has 0 aliphatic carbocycles. The molecule has 0 bridgehead atoms. The van der Waals surface area contributed by atoms with Gasteiger partial charge < -0.3 is 19.3 Å². The number of halogens is 1. The van der Waals surface area contributed by atoms with Gasteiger partial charge in [-0.1, -0.05) is 12.1 Å². The molecule has 6 heteroatoms. The lowest BCUT2D eigenvalue weighted by Crippen LogP contribution is -2.00. The molecule has 0 radical (unpaired) electrons. The summed E-state index contributed by atoms with van der Waals surface area (Å²) in [5, 5.41) is 10.1. The second-order valence-corrected chi connectivity index (χ2v) is 5.67. The Morgan fingerprint density at radius 2 is 1.75 bits per heavy atom. The van der Waals surface area contributed by atoms with Crippen LogP contribution in [0.4, 0.5) is 0 Å². The normalized spacial score (nSPS) is 10.7. The Kier molecular flexibility index (Phi) is 5.87. The fraction of sp³-hybridized carbons (Fsp3) is 0.167. The molecule has 0 aromatic heterocycles. The number of carbonyl (C=O) groups excluding carboxylic acids is 1. The van der Waals surface area contributed by atoms with E-state index in [1.165, 1.54) is 26.4 Å². The number of hydrogen-bond donors (Lipinski definition) is 1. The quantitative estimate of drug-likeness (QED) is 0.592. The Morgan fingerprint density at radius 1 is 1.04 bits per heavy atom. The molecule has 0 spiro atoms. The van der Waals surface area contributed by atoms with Crippen LogP contribution < -0.4 is 14.2 Å². The molecule has 2 aromatic carbocycles. The Labute approximate surface area is 148 Å². The zero-order valence-corrected chi connectivity index (χ0v) is 15.1. The van der Waals surface area contributed by atoms with Gasteiger partial charge in [0.15, 0.2) is 5.78 Å². The molecule has 2 aromatic rings. The number of aromatic hydroxyl groups is 1. The van der Waals surface area contributed by atoms with Crippen molar-refractivity contribution < 1.29 is 24.1 Å². The summed E-state index contributed by atoms with van der Waals surface area (Å²) in [7, 11) is 4.48. The van der Waals surface area contributed by atoms with Crippen LogP contribution >= 0.6 is 15.9 Å².